The van der Waals surface area contributed by atoms with Gasteiger partial charge in [0, 0.05) is 29.8 Å². The zero-order valence-corrected chi connectivity index (χ0v) is 10.4. The number of amides is 1. The predicted molar refractivity (Wildman–Crippen MR) is 70.2 cm³/mol. The SMILES string of the molecule is C/C(=N\NC(=O)/C=C/C(=O)O)c1cccc([N+](=O)[O-])c1. The van der Waals surface area contributed by atoms with Gasteiger partial charge >= 0.3 is 5.97 Å². The average molecular weight is 277 g/mol. The molecule has 0 atom stereocenters. The summed E-state index contributed by atoms with van der Waals surface area (Å²) in [4.78, 5) is 31.5. The zero-order chi connectivity index (χ0) is 15.1. The van der Waals surface area contributed by atoms with Crippen molar-refractivity contribution in [2.24, 2.45) is 5.10 Å². The van der Waals surface area contributed by atoms with Gasteiger partial charge in [0.15, 0.2) is 0 Å². The van der Waals surface area contributed by atoms with Gasteiger partial charge in [0.1, 0.15) is 0 Å². The Kier molecular flexibility index (Phi) is 5.10. The molecule has 0 aliphatic rings. The van der Waals surface area contributed by atoms with Gasteiger partial charge in [-0.05, 0) is 6.92 Å². The largest absolute Gasteiger partial charge is 0.478 e. The summed E-state index contributed by atoms with van der Waals surface area (Å²) in [7, 11) is 0. The number of hydrogen-bond acceptors (Lipinski definition) is 5. The van der Waals surface area contributed by atoms with Crippen molar-refractivity contribution < 1.29 is 19.6 Å². The molecule has 8 nitrogen and oxygen atoms in total. The monoisotopic (exact) mass is 277 g/mol. The first-order valence-corrected chi connectivity index (χ1v) is 5.40. The first-order chi connectivity index (χ1) is 9.40. The third kappa shape index (κ3) is 4.69. The van der Waals surface area contributed by atoms with Crippen LogP contribution in [0.15, 0.2) is 41.5 Å². The Morgan fingerprint density at radius 2 is 2.10 bits per heavy atom. The van der Waals surface area contributed by atoms with E-state index in [0.717, 1.165) is 6.08 Å². The van der Waals surface area contributed by atoms with Crippen LogP contribution >= 0.6 is 0 Å². The molecule has 0 saturated heterocycles. The first kappa shape index (κ1) is 15.0. The highest BCUT2D eigenvalue weighted by atomic mass is 16.6. The van der Waals surface area contributed by atoms with Crippen LogP contribution in [0.5, 0.6) is 0 Å². The lowest BCUT2D eigenvalue weighted by Gasteiger charge is -2.01. The number of benzene rings is 1. The summed E-state index contributed by atoms with van der Waals surface area (Å²) in [6.07, 6.45) is 1.49. The van der Waals surface area contributed by atoms with Crippen LogP contribution in [0.3, 0.4) is 0 Å². The fourth-order valence-corrected chi connectivity index (χ4v) is 1.23. The van der Waals surface area contributed by atoms with Gasteiger partial charge in [-0.2, -0.15) is 5.10 Å². The molecule has 0 aliphatic heterocycles. The molecule has 0 aliphatic carbocycles. The van der Waals surface area contributed by atoms with Crippen molar-refractivity contribution in [2.75, 3.05) is 0 Å². The molecule has 0 spiro atoms. The quantitative estimate of drug-likeness (QED) is 0.361. The third-order valence-corrected chi connectivity index (χ3v) is 2.19. The van der Waals surface area contributed by atoms with E-state index in [9.17, 15) is 19.7 Å². The minimum atomic E-state index is -1.25. The Morgan fingerprint density at radius 3 is 2.70 bits per heavy atom. The predicted octanol–water partition coefficient (Wildman–Crippen LogP) is 1.08. The highest BCUT2D eigenvalue weighted by Gasteiger charge is 2.07. The molecule has 1 rings (SSSR count). The van der Waals surface area contributed by atoms with Crippen LogP contribution < -0.4 is 5.43 Å². The summed E-state index contributed by atoms with van der Waals surface area (Å²) in [6.45, 7) is 1.56. The third-order valence-electron chi connectivity index (χ3n) is 2.19. The number of carboxylic acid groups (broad SMARTS) is 1. The van der Waals surface area contributed by atoms with Crippen LogP contribution in [-0.4, -0.2) is 27.6 Å². The minimum Gasteiger partial charge on any atom is -0.478 e. The summed E-state index contributed by atoms with van der Waals surface area (Å²) in [5, 5.41) is 22.7. The number of nitro benzene ring substituents is 1. The van der Waals surface area contributed by atoms with Crippen LogP contribution in [0.2, 0.25) is 0 Å². The van der Waals surface area contributed by atoms with Gasteiger partial charge in [0.25, 0.3) is 11.6 Å². The fourth-order valence-electron chi connectivity index (χ4n) is 1.23. The molecule has 104 valence electrons. The Morgan fingerprint density at radius 1 is 1.40 bits per heavy atom. The van der Waals surface area contributed by atoms with Crippen molar-refractivity contribution in [3.8, 4) is 0 Å². The second kappa shape index (κ2) is 6.78. The molecule has 0 radical (unpaired) electrons. The fraction of sp³-hybridized carbons (Fsp3) is 0.0833. The molecule has 20 heavy (non-hydrogen) atoms. The number of aliphatic carboxylic acids is 1. The standard InChI is InChI=1S/C12H11N3O5/c1-8(13-14-11(16)5-6-12(17)18)9-3-2-4-10(7-9)15(19)20/h2-7H,1H3,(H,14,16)(H,17,18)/b6-5+,13-8+. The van der Waals surface area contributed by atoms with Gasteiger partial charge < -0.3 is 5.11 Å². The maximum Gasteiger partial charge on any atom is 0.328 e. The molecule has 0 fully saturated rings. The van der Waals surface area contributed by atoms with Crippen molar-refractivity contribution in [1.82, 2.24) is 5.43 Å². The molecule has 1 amide bonds. The number of rotatable bonds is 5. The van der Waals surface area contributed by atoms with Crippen molar-refractivity contribution in [1.29, 1.82) is 0 Å². The van der Waals surface area contributed by atoms with Crippen LogP contribution in [0.1, 0.15) is 12.5 Å². The molecule has 0 saturated carbocycles. The number of nitrogens with zero attached hydrogens (tertiary/aromatic N) is 2. The lowest BCUT2D eigenvalue weighted by atomic mass is 10.1. The average Bonchev–Trinajstić information content (AvgIpc) is 2.42. The highest BCUT2D eigenvalue weighted by molar-refractivity contribution is 6.00. The van der Waals surface area contributed by atoms with E-state index in [1.807, 2.05) is 0 Å². The van der Waals surface area contributed by atoms with Crippen molar-refractivity contribution >= 4 is 23.3 Å². The highest BCUT2D eigenvalue weighted by Crippen LogP contribution is 2.13. The van der Waals surface area contributed by atoms with Crippen molar-refractivity contribution in [3.05, 3.63) is 52.1 Å². The van der Waals surface area contributed by atoms with E-state index >= 15 is 0 Å². The second-order valence-corrected chi connectivity index (χ2v) is 3.65. The normalized spacial score (nSPS) is 11.3. The maximum atomic E-state index is 11.2. The summed E-state index contributed by atoms with van der Waals surface area (Å²) in [5.41, 5.74) is 2.85. The Hall–Kier alpha value is -3.03. The van der Waals surface area contributed by atoms with Crippen LogP contribution in [0.25, 0.3) is 0 Å². The number of carbonyl (C=O) groups is 2. The van der Waals surface area contributed by atoms with Crippen LogP contribution in [0.4, 0.5) is 5.69 Å². The summed E-state index contributed by atoms with van der Waals surface area (Å²) in [6, 6.07) is 5.76. The topological polar surface area (TPSA) is 122 Å². The Balaban J connectivity index is 2.79. The summed E-state index contributed by atoms with van der Waals surface area (Å²) < 4.78 is 0. The minimum absolute atomic E-state index is 0.0888. The van der Waals surface area contributed by atoms with Gasteiger partial charge in [0.2, 0.25) is 0 Å². The van der Waals surface area contributed by atoms with Crippen LogP contribution in [0, 0.1) is 10.1 Å². The van der Waals surface area contributed by atoms with E-state index in [0.29, 0.717) is 17.4 Å². The molecule has 0 heterocycles. The van der Waals surface area contributed by atoms with Gasteiger partial charge in [-0.1, -0.05) is 12.1 Å². The summed E-state index contributed by atoms with van der Waals surface area (Å²) >= 11 is 0. The Labute approximate surface area is 113 Å². The van der Waals surface area contributed by atoms with Crippen LogP contribution in [-0.2, 0) is 9.59 Å². The molecule has 0 aromatic heterocycles. The van der Waals surface area contributed by atoms with E-state index in [2.05, 4.69) is 10.5 Å². The van der Waals surface area contributed by atoms with E-state index in [-0.39, 0.29) is 5.69 Å². The lowest BCUT2D eigenvalue weighted by molar-refractivity contribution is -0.384. The van der Waals surface area contributed by atoms with E-state index in [1.54, 1.807) is 13.0 Å². The molecule has 2 N–H and O–H groups in total. The number of nitrogens with one attached hydrogen (secondary N) is 1. The van der Waals surface area contributed by atoms with Gasteiger partial charge in [-0.25, -0.2) is 10.2 Å². The summed E-state index contributed by atoms with van der Waals surface area (Å²) in [5.74, 6) is -1.96. The maximum absolute atomic E-state index is 11.2. The second-order valence-electron chi connectivity index (χ2n) is 3.65. The molecule has 1 aromatic carbocycles. The number of non-ortho nitro benzene ring substituents is 1. The lowest BCUT2D eigenvalue weighted by Crippen LogP contribution is -2.17. The Bertz CT molecular complexity index is 607. The zero-order valence-electron chi connectivity index (χ0n) is 10.4. The van der Waals surface area contributed by atoms with E-state index < -0.39 is 16.8 Å². The molecule has 0 bridgehead atoms. The van der Waals surface area contributed by atoms with Crippen molar-refractivity contribution in [3.63, 3.8) is 0 Å². The molecule has 1 aromatic rings. The molecular weight excluding hydrogens is 266 g/mol. The van der Waals surface area contributed by atoms with E-state index in [1.165, 1.54) is 18.2 Å². The first-order valence-electron chi connectivity index (χ1n) is 5.40. The molecular formula is C12H11N3O5. The molecule has 0 unspecified atom stereocenters. The smallest absolute Gasteiger partial charge is 0.328 e. The van der Waals surface area contributed by atoms with Gasteiger partial charge in [-0.3, -0.25) is 14.9 Å². The number of hydrazone groups is 1. The van der Waals surface area contributed by atoms with Gasteiger partial charge in [-0.15, -0.1) is 0 Å². The van der Waals surface area contributed by atoms with Gasteiger partial charge in [0.05, 0.1) is 10.6 Å². The van der Waals surface area contributed by atoms with E-state index in [4.69, 9.17) is 5.11 Å². The van der Waals surface area contributed by atoms with Crippen molar-refractivity contribution in [2.45, 2.75) is 6.92 Å². The number of hydrogen-bond donors (Lipinski definition) is 2. The number of carbonyl (C=O) groups excluding carboxylic acids is 1. The number of carboxylic acids is 1. The number of nitro groups is 1. The molecule has 8 heteroatoms.